The summed E-state index contributed by atoms with van der Waals surface area (Å²) >= 11 is 6.10. The lowest BCUT2D eigenvalue weighted by atomic mass is 10.1. The molecule has 0 bridgehead atoms. The zero-order valence-corrected chi connectivity index (χ0v) is 15.9. The second-order valence-electron chi connectivity index (χ2n) is 5.89. The van der Waals surface area contributed by atoms with Gasteiger partial charge in [0.25, 0.3) is 0 Å². The molecule has 0 radical (unpaired) electrons. The van der Waals surface area contributed by atoms with Crippen LogP contribution in [0.3, 0.4) is 0 Å². The van der Waals surface area contributed by atoms with E-state index in [1.54, 1.807) is 10.9 Å². The van der Waals surface area contributed by atoms with Crippen LogP contribution in [0.4, 0.5) is 5.95 Å². The number of amides is 1. The van der Waals surface area contributed by atoms with Crippen LogP contribution < -0.4 is 5.32 Å². The van der Waals surface area contributed by atoms with Gasteiger partial charge in [-0.05, 0) is 6.42 Å². The van der Waals surface area contributed by atoms with Crippen molar-refractivity contribution in [1.29, 1.82) is 0 Å². The topological polar surface area (TPSA) is 125 Å². The Kier molecular flexibility index (Phi) is 7.05. The molecule has 0 saturated heterocycles. The van der Waals surface area contributed by atoms with Crippen LogP contribution in [0.5, 0.6) is 0 Å². The molecule has 0 saturated carbocycles. The van der Waals surface area contributed by atoms with E-state index in [1.165, 1.54) is 20.8 Å². The summed E-state index contributed by atoms with van der Waals surface area (Å²) in [5.41, 5.74) is 0.861. The van der Waals surface area contributed by atoms with Gasteiger partial charge in [-0.2, -0.15) is 9.97 Å². The molecule has 27 heavy (non-hydrogen) atoms. The van der Waals surface area contributed by atoms with Gasteiger partial charge in [0, 0.05) is 33.2 Å². The zero-order chi connectivity index (χ0) is 20.0. The molecule has 0 atom stereocenters. The second kappa shape index (κ2) is 9.26. The van der Waals surface area contributed by atoms with E-state index in [9.17, 15) is 14.4 Å². The number of ether oxygens (including phenoxy) is 2. The summed E-state index contributed by atoms with van der Waals surface area (Å²) in [4.78, 5) is 45.7. The lowest BCUT2D eigenvalue weighted by Crippen LogP contribution is -2.21. The summed E-state index contributed by atoms with van der Waals surface area (Å²) in [6.07, 6.45) is 2.08. The van der Waals surface area contributed by atoms with Gasteiger partial charge in [-0.1, -0.05) is 11.6 Å². The number of fused-ring (bicyclic) bond motifs is 1. The molecule has 10 nitrogen and oxygen atoms in total. The number of aromatic nitrogens is 4. The Bertz CT molecular complexity index is 835. The third-order valence-corrected chi connectivity index (χ3v) is 3.80. The van der Waals surface area contributed by atoms with Crippen LogP contribution in [0.15, 0.2) is 6.33 Å². The summed E-state index contributed by atoms with van der Waals surface area (Å²) < 4.78 is 11.8. The lowest BCUT2D eigenvalue weighted by molar-refractivity contribution is -0.146. The van der Waals surface area contributed by atoms with E-state index in [0.717, 1.165) is 0 Å². The number of rotatable bonds is 8. The van der Waals surface area contributed by atoms with Gasteiger partial charge in [0.2, 0.25) is 11.9 Å². The highest BCUT2D eigenvalue weighted by Crippen LogP contribution is 2.21. The minimum Gasteiger partial charge on any atom is -0.465 e. The van der Waals surface area contributed by atoms with E-state index >= 15 is 0 Å². The van der Waals surface area contributed by atoms with Crippen LogP contribution in [0.1, 0.15) is 27.2 Å². The number of halogens is 1. The maximum absolute atomic E-state index is 11.2. The molecule has 2 rings (SSSR count). The monoisotopic (exact) mass is 397 g/mol. The number of imidazole rings is 1. The Morgan fingerprint density at radius 1 is 1.15 bits per heavy atom. The fourth-order valence-corrected chi connectivity index (χ4v) is 2.51. The summed E-state index contributed by atoms with van der Waals surface area (Å²) in [5, 5.41) is 2.61. The van der Waals surface area contributed by atoms with Gasteiger partial charge in [0.1, 0.15) is 5.52 Å². The van der Waals surface area contributed by atoms with E-state index in [1.807, 2.05) is 0 Å². The standard InChI is InChI=1S/C16H20ClN5O5/c1-9(23)19-16-20-14(17)13-15(21-16)22(8-18-13)5-4-12(6-26-10(2)24)7-27-11(3)25/h8,12H,4-7H2,1-3H3,(H,19,20,21,23). The highest BCUT2D eigenvalue weighted by Gasteiger charge is 2.16. The molecule has 0 aliphatic rings. The summed E-state index contributed by atoms with van der Waals surface area (Å²) in [5.74, 6) is -1.24. The van der Waals surface area contributed by atoms with E-state index in [-0.39, 0.29) is 36.1 Å². The highest BCUT2D eigenvalue weighted by molar-refractivity contribution is 6.33. The van der Waals surface area contributed by atoms with Crippen molar-refractivity contribution in [2.75, 3.05) is 18.5 Å². The largest absolute Gasteiger partial charge is 0.465 e. The predicted octanol–water partition coefficient (Wildman–Crippen LogP) is 1.57. The van der Waals surface area contributed by atoms with Crippen LogP contribution in [-0.2, 0) is 30.4 Å². The molecule has 0 aliphatic carbocycles. The second-order valence-corrected chi connectivity index (χ2v) is 6.25. The summed E-state index contributed by atoms with van der Waals surface area (Å²) in [6, 6.07) is 0. The number of nitrogens with zero attached hydrogens (tertiary/aromatic N) is 4. The molecule has 146 valence electrons. The molecule has 0 aliphatic heterocycles. The third-order valence-electron chi connectivity index (χ3n) is 3.53. The molecule has 2 aromatic rings. The molecule has 2 heterocycles. The third kappa shape index (κ3) is 6.17. The number of carbonyl (C=O) groups excluding carboxylic acids is 3. The first-order valence-electron chi connectivity index (χ1n) is 8.19. The quantitative estimate of drug-likeness (QED) is 0.525. The van der Waals surface area contributed by atoms with Crippen LogP contribution in [0, 0.1) is 5.92 Å². The van der Waals surface area contributed by atoms with Crippen LogP contribution in [-0.4, -0.2) is 50.6 Å². The van der Waals surface area contributed by atoms with Gasteiger partial charge in [-0.3, -0.25) is 19.7 Å². The maximum Gasteiger partial charge on any atom is 0.302 e. The first-order valence-corrected chi connectivity index (χ1v) is 8.56. The lowest BCUT2D eigenvalue weighted by Gasteiger charge is -2.16. The Hall–Kier alpha value is -2.75. The number of hydrogen-bond acceptors (Lipinski definition) is 8. The van der Waals surface area contributed by atoms with Crippen LogP contribution >= 0.6 is 11.6 Å². The van der Waals surface area contributed by atoms with Crippen molar-refractivity contribution >= 4 is 46.6 Å². The molecule has 0 unspecified atom stereocenters. The number of hydrogen-bond donors (Lipinski definition) is 1. The van der Waals surface area contributed by atoms with Crippen molar-refractivity contribution < 1.29 is 23.9 Å². The normalized spacial score (nSPS) is 10.9. The molecule has 0 spiro atoms. The van der Waals surface area contributed by atoms with Crippen LogP contribution in [0.2, 0.25) is 5.15 Å². The Morgan fingerprint density at radius 2 is 1.78 bits per heavy atom. The van der Waals surface area contributed by atoms with Crippen molar-refractivity contribution in [2.24, 2.45) is 5.92 Å². The molecular weight excluding hydrogens is 378 g/mol. The number of nitrogens with one attached hydrogen (secondary N) is 1. The minimum atomic E-state index is -0.407. The van der Waals surface area contributed by atoms with E-state index in [2.05, 4.69) is 20.3 Å². The summed E-state index contributed by atoms with van der Waals surface area (Å²) in [7, 11) is 0. The molecule has 1 N–H and O–H groups in total. The predicted molar refractivity (Wildman–Crippen MR) is 96.0 cm³/mol. The molecular formula is C16H20ClN5O5. The van der Waals surface area contributed by atoms with Gasteiger partial charge in [0.05, 0.1) is 19.5 Å². The molecule has 2 aromatic heterocycles. The van der Waals surface area contributed by atoms with Crippen molar-refractivity contribution in [3.05, 3.63) is 11.5 Å². The van der Waals surface area contributed by atoms with E-state index in [4.69, 9.17) is 21.1 Å². The number of anilines is 1. The molecule has 0 aromatic carbocycles. The fraction of sp³-hybridized carbons (Fsp3) is 0.500. The first-order chi connectivity index (χ1) is 12.8. The van der Waals surface area contributed by atoms with Crippen molar-refractivity contribution in [1.82, 2.24) is 19.5 Å². The van der Waals surface area contributed by atoms with Crippen molar-refractivity contribution in [3.8, 4) is 0 Å². The van der Waals surface area contributed by atoms with Crippen LogP contribution in [0.25, 0.3) is 11.2 Å². The number of carbonyl (C=O) groups is 3. The molecule has 0 fully saturated rings. The zero-order valence-electron chi connectivity index (χ0n) is 15.2. The van der Waals surface area contributed by atoms with Gasteiger partial charge in [-0.25, -0.2) is 4.98 Å². The Balaban J connectivity index is 2.14. The first kappa shape index (κ1) is 20.6. The van der Waals surface area contributed by atoms with E-state index < -0.39 is 11.9 Å². The van der Waals surface area contributed by atoms with Gasteiger partial charge in [-0.15, -0.1) is 0 Å². The highest BCUT2D eigenvalue weighted by atomic mass is 35.5. The smallest absolute Gasteiger partial charge is 0.302 e. The number of aryl methyl sites for hydroxylation is 1. The SMILES string of the molecule is CC(=O)Nc1nc(Cl)c2ncn(CCC(COC(C)=O)COC(C)=O)c2n1. The van der Waals surface area contributed by atoms with Gasteiger partial charge >= 0.3 is 11.9 Å². The molecule has 11 heteroatoms. The molecule has 1 amide bonds. The number of esters is 2. The minimum absolute atomic E-state index is 0.0816. The fourth-order valence-electron chi connectivity index (χ4n) is 2.29. The average Bonchev–Trinajstić information content (AvgIpc) is 2.96. The van der Waals surface area contributed by atoms with Gasteiger partial charge < -0.3 is 14.0 Å². The van der Waals surface area contributed by atoms with Gasteiger partial charge in [0.15, 0.2) is 10.8 Å². The Labute approximate surface area is 160 Å². The Morgan fingerprint density at radius 3 is 2.33 bits per heavy atom. The van der Waals surface area contributed by atoms with Crippen molar-refractivity contribution in [3.63, 3.8) is 0 Å². The summed E-state index contributed by atoms with van der Waals surface area (Å²) in [6.45, 7) is 4.68. The average molecular weight is 398 g/mol. The van der Waals surface area contributed by atoms with E-state index in [0.29, 0.717) is 24.1 Å². The maximum atomic E-state index is 11.2. The van der Waals surface area contributed by atoms with Crippen molar-refractivity contribution in [2.45, 2.75) is 33.7 Å².